The first kappa shape index (κ1) is 16.1. The van der Waals surface area contributed by atoms with Crippen LogP contribution < -0.4 is 5.32 Å². The van der Waals surface area contributed by atoms with Crippen molar-refractivity contribution in [2.24, 2.45) is 0 Å². The summed E-state index contributed by atoms with van der Waals surface area (Å²) in [6, 6.07) is 13.3. The molecule has 0 radical (unpaired) electrons. The number of aromatic nitrogens is 2. The van der Waals surface area contributed by atoms with Gasteiger partial charge in [-0.25, -0.2) is 4.63 Å². The highest BCUT2D eigenvalue weighted by Gasteiger charge is 2.22. The third kappa shape index (κ3) is 3.44. The number of fused-ring (bicyclic) bond motifs is 1. The van der Waals surface area contributed by atoms with Crippen molar-refractivity contribution in [1.82, 2.24) is 20.5 Å². The first-order chi connectivity index (χ1) is 11.5. The molecular weight excluding hydrogens is 304 g/mol. The minimum atomic E-state index is -0.331. The summed E-state index contributed by atoms with van der Waals surface area (Å²) < 4.78 is 4.69. The number of hydrogen-bond acceptors (Lipinski definition) is 5. The summed E-state index contributed by atoms with van der Waals surface area (Å²) in [5, 5.41) is 10.6. The van der Waals surface area contributed by atoms with Crippen molar-refractivity contribution >= 4 is 16.9 Å². The van der Waals surface area contributed by atoms with E-state index in [0.717, 1.165) is 16.7 Å². The highest BCUT2D eigenvalue weighted by Crippen LogP contribution is 2.20. The van der Waals surface area contributed by atoms with Crippen LogP contribution in [-0.4, -0.2) is 35.2 Å². The molecule has 0 saturated carbocycles. The highest BCUT2D eigenvalue weighted by atomic mass is 16.6. The third-order valence-electron chi connectivity index (χ3n) is 3.91. The fourth-order valence-electron chi connectivity index (χ4n) is 2.75. The van der Waals surface area contributed by atoms with Gasteiger partial charge in [0.05, 0.1) is 0 Å². The molecule has 1 amide bonds. The van der Waals surface area contributed by atoms with Gasteiger partial charge in [0.25, 0.3) is 0 Å². The van der Waals surface area contributed by atoms with Crippen LogP contribution in [0.2, 0.25) is 0 Å². The first-order valence-corrected chi connectivity index (χ1v) is 7.76. The lowest BCUT2D eigenvalue weighted by Crippen LogP contribution is -2.36. The van der Waals surface area contributed by atoms with Gasteiger partial charge in [-0.05, 0) is 54.6 Å². The fourth-order valence-corrected chi connectivity index (χ4v) is 2.75. The monoisotopic (exact) mass is 324 g/mol. The maximum atomic E-state index is 12.7. The average Bonchev–Trinajstić information content (AvgIpc) is 3.00. The van der Waals surface area contributed by atoms with Gasteiger partial charge in [0.15, 0.2) is 0 Å². The Morgan fingerprint density at radius 2 is 1.96 bits per heavy atom. The van der Waals surface area contributed by atoms with Crippen molar-refractivity contribution < 1.29 is 9.42 Å². The SMILES string of the molecule is Cc1cccc(C(C(=O)NCc2ccc3nonc3c2)N(C)C)c1. The Morgan fingerprint density at radius 3 is 2.71 bits per heavy atom. The maximum absolute atomic E-state index is 12.7. The van der Waals surface area contributed by atoms with Crippen molar-refractivity contribution in [2.75, 3.05) is 14.1 Å². The molecule has 3 rings (SSSR count). The van der Waals surface area contributed by atoms with E-state index in [1.165, 1.54) is 0 Å². The molecule has 0 aliphatic carbocycles. The van der Waals surface area contributed by atoms with Crippen molar-refractivity contribution in [1.29, 1.82) is 0 Å². The molecule has 1 unspecified atom stereocenters. The lowest BCUT2D eigenvalue weighted by molar-refractivity contribution is -0.125. The van der Waals surface area contributed by atoms with Crippen molar-refractivity contribution in [3.05, 3.63) is 59.2 Å². The van der Waals surface area contributed by atoms with Crippen LogP contribution in [0.15, 0.2) is 47.1 Å². The molecule has 0 bridgehead atoms. The number of benzene rings is 2. The van der Waals surface area contributed by atoms with Gasteiger partial charge in [0.2, 0.25) is 5.91 Å². The largest absolute Gasteiger partial charge is 0.350 e. The number of carbonyl (C=O) groups is 1. The predicted molar refractivity (Wildman–Crippen MR) is 91.3 cm³/mol. The number of nitrogens with one attached hydrogen (secondary N) is 1. The third-order valence-corrected chi connectivity index (χ3v) is 3.91. The Hall–Kier alpha value is -2.73. The number of hydrogen-bond donors (Lipinski definition) is 1. The molecule has 3 aromatic rings. The molecule has 6 heteroatoms. The van der Waals surface area contributed by atoms with Gasteiger partial charge in [0, 0.05) is 6.54 Å². The molecule has 0 aliphatic rings. The molecule has 124 valence electrons. The predicted octanol–water partition coefficient (Wildman–Crippen LogP) is 2.45. The van der Waals surface area contributed by atoms with Crippen molar-refractivity contribution in [3.63, 3.8) is 0 Å². The Morgan fingerprint density at radius 1 is 1.17 bits per heavy atom. The van der Waals surface area contributed by atoms with Gasteiger partial charge in [-0.15, -0.1) is 0 Å². The number of aryl methyl sites for hydroxylation is 1. The Balaban J connectivity index is 1.73. The van der Waals surface area contributed by atoms with Crippen LogP contribution in [0.4, 0.5) is 0 Å². The maximum Gasteiger partial charge on any atom is 0.242 e. The Labute approximate surface area is 140 Å². The van der Waals surface area contributed by atoms with Gasteiger partial charge in [0.1, 0.15) is 17.1 Å². The smallest absolute Gasteiger partial charge is 0.242 e. The molecule has 1 N–H and O–H groups in total. The Kier molecular flexibility index (Phi) is 4.57. The zero-order valence-electron chi connectivity index (χ0n) is 14.0. The average molecular weight is 324 g/mol. The van der Waals surface area contributed by atoms with Crippen LogP contribution in [0, 0.1) is 6.92 Å². The van der Waals surface area contributed by atoms with Crippen LogP contribution in [0.3, 0.4) is 0 Å². The van der Waals surface area contributed by atoms with Crippen molar-refractivity contribution in [3.8, 4) is 0 Å². The zero-order valence-corrected chi connectivity index (χ0v) is 14.0. The zero-order chi connectivity index (χ0) is 17.1. The molecule has 0 spiro atoms. The lowest BCUT2D eigenvalue weighted by atomic mass is 10.0. The molecular formula is C18H20N4O2. The first-order valence-electron chi connectivity index (χ1n) is 7.76. The van der Waals surface area contributed by atoms with Gasteiger partial charge >= 0.3 is 0 Å². The molecule has 24 heavy (non-hydrogen) atoms. The summed E-state index contributed by atoms with van der Waals surface area (Å²) in [4.78, 5) is 14.6. The summed E-state index contributed by atoms with van der Waals surface area (Å²) in [5.74, 6) is -0.0380. The molecule has 0 fully saturated rings. The molecule has 6 nitrogen and oxygen atoms in total. The number of likely N-dealkylation sites (N-methyl/N-ethyl adjacent to an activating group) is 1. The summed E-state index contributed by atoms with van der Waals surface area (Å²) in [6.45, 7) is 2.45. The van der Waals surface area contributed by atoms with E-state index in [-0.39, 0.29) is 11.9 Å². The van der Waals surface area contributed by atoms with E-state index in [2.05, 4.69) is 15.6 Å². The second-order valence-electron chi connectivity index (χ2n) is 6.09. The molecule has 0 aliphatic heterocycles. The summed E-state index contributed by atoms with van der Waals surface area (Å²) in [7, 11) is 3.80. The van der Waals surface area contributed by atoms with Gasteiger partial charge in [-0.1, -0.05) is 35.9 Å². The topological polar surface area (TPSA) is 71.3 Å². The Bertz CT molecular complexity index is 857. The van der Waals surface area contributed by atoms with Gasteiger partial charge in [-0.2, -0.15) is 0 Å². The van der Waals surface area contributed by atoms with E-state index in [1.54, 1.807) is 0 Å². The highest BCUT2D eigenvalue weighted by molar-refractivity contribution is 5.83. The number of nitrogens with zero attached hydrogens (tertiary/aromatic N) is 3. The van der Waals surface area contributed by atoms with Crippen molar-refractivity contribution in [2.45, 2.75) is 19.5 Å². The van der Waals surface area contributed by atoms with Crippen LogP contribution in [0.25, 0.3) is 11.0 Å². The van der Waals surface area contributed by atoms with E-state index < -0.39 is 0 Å². The summed E-state index contributed by atoms with van der Waals surface area (Å²) >= 11 is 0. The van der Waals surface area contributed by atoms with Gasteiger partial charge in [-0.3, -0.25) is 9.69 Å². The van der Waals surface area contributed by atoms with E-state index in [1.807, 2.05) is 68.4 Å². The number of rotatable bonds is 5. The second-order valence-corrected chi connectivity index (χ2v) is 6.09. The van der Waals surface area contributed by atoms with Crippen LogP contribution in [-0.2, 0) is 11.3 Å². The molecule has 2 aromatic carbocycles. The van der Waals surface area contributed by atoms with Crippen LogP contribution in [0.1, 0.15) is 22.7 Å². The minimum Gasteiger partial charge on any atom is -0.350 e. The standard InChI is InChI=1S/C18H20N4O2/c1-12-5-4-6-14(9-12)17(22(2)3)18(23)19-11-13-7-8-15-16(10-13)21-24-20-15/h4-10,17H,11H2,1-3H3,(H,19,23). The van der Waals surface area contributed by atoms with E-state index in [4.69, 9.17) is 4.63 Å². The molecule has 0 saturated heterocycles. The fraction of sp³-hybridized carbons (Fsp3) is 0.278. The summed E-state index contributed by atoms with van der Waals surface area (Å²) in [5.41, 5.74) is 4.46. The summed E-state index contributed by atoms with van der Waals surface area (Å²) in [6.07, 6.45) is 0. The van der Waals surface area contributed by atoms with E-state index >= 15 is 0 Å². The normalized spacial score (nSPS) is 12.5. The number of carbonyl (C=O) groups excluding carboxylic acids is 1. The molecule has 1 atom stereocenters. The second kappa shape index (κ2) is 6.80. The molecule has 1 aromatic heterocycles. The van der Waals surface area contributed by atoms with E-state index in [9.17, 15) is 4.79 Å². The lowest BCUT2D eigenvalue weighted by Gasteiger charge is -2.24. The van der Waals surface area contributed by atoms with Crippen LogP contribution in [0.5, 0.6) is 0 Å². The molecule has 1 heterocycles. The van der Waals surface area contributed by atoms with Crippen LogP contribution >= 0.6 is 0 Å². The van der Waals surface area contributed by atoms with E-state index in [0.29, 0.717) is 17.6 Å². The number of amides is 1. The quantitative estimate of drug-likeness (QED) is 0.780. The minimum absolute atomic E-state index is 0.0380. The van der Waals surface area contributed by atoms with Gasteiger partial charge < -0.3 is 5.32 Å².